The Labute approximate surface area is 163 Å². The fourth-order valence-electron chi connectivity index (χ4n) is 1.99. The molecule has 0 unspecified atom stereocenters. The first-order valence-corrected chi connectivity index (χ1v) is 9.23. The zero-order chi connectivity index (χ0) is 20.7. The Bertz CT molecular complexity index is 554. The lowest BCUT2D eigenvalue weighted by atomic mass is 10.3. The maximum atomic E-state index is 12.5. The first kappa shape index (κ1) is 24.0. The largest absolute Gasteiger partial charge is 0.476 e. The molecule has 28 heavy (non-hydrogen) atoms. The molecule has 0 aliphatic carbocycles. The summed E-state index contributed by atoms with van der Waals surface area (Å²) in [5, 5.41) is 6.11. The number of alkyl halides is 3. The molecule has 0 amide bonds. The van der Waals surface area contributed by atoms with Crippen LogP contribution in [0.25, 0.3) is 0 Å². The van der Waals surface area contributed by atoms with Crippen molar-refractivity contribution in [2.45, 2.75) is 25.9 Å². The fraction of sp³-hybridized carbons (Fsp3) is 0.667. The summed E-state index contributed by atoms with van der Waals surface area (Å²) in [7, 11) is 1.63. The van der Waals surface area contributed by atoms with Crippen LogP contribution in [0.1, 0.15) is 25.3 Å². The monoisotopic (exact) mass is 406 g/mol. The van der Waals surface area contributed by atoms with Gasteiger partial charge in [0.2, 0.25) is 5.88 Å². The number of ether oxygens (including phenoxy) is 3. The predicted octanol–water partition coefficient (Wildman–Crippen LogP) is 2.48. The topological polar surface area (TPSA) is 77.0 Å². The van der Waals surface area contributed by atoms with Gasteiger partial charge in [0.25, 0.3) is 0 Å². The maximum absolute atomic E-state index is 12.5. The first-order valence-electron chi connectivity index (χ1n) is 9.23. The molecule has 2 N–H and O–H groups in total. The SMILES string of the molecule is CCCCOCCOCCNC(=NC)NCCOc1ccc(C(F)(F)F)cn1. The molecule has 1 aromatic heterocycles. The smallest absolute Gasteiger partial charge is 0.417 e. The van der Waals surface area contributed by atoms with E-state index in [1.54, 1.807) is 7.05 Å². The second-order valence-electron chi connectivity index (χ2n) is 5.74. The van der Waals surface area contributed by atoms with Crippen LogP contribution in [0.2, 0.25) is 0 Å². The van der Waals surface area contributed by atoms with Gasteiger partial charge in [-0.05, 0) is 12.5 Å². The number of aromatic nitrogens is 1. The van der Waals surface area contributed by atoms with E-state index in [4.69, 9.17) is 14.2 Å². The number of hydrogen-bond acceptors (Lipinski definition) is 5. The molecule has 0 spiro atoms. The summed E-state index contributed by atoms with van der Waals surface area (Å²) in [5.74, 6) is 0.707. The number of halogens is 3. The van der Waals surface area contributed by atoms with Crippen LogP contribution >= 0.6 is 0 Å². The molecule has 0 saturated heterocycles. The molecule has 0 atom stereocenters. The molecule has 160 valence electrons. The minimum atomic E-state index is -4.41. The van der Waals surface area contributed by atoms with Gasteiger partial charge in [-0.15, -0.1) is 0 Å². The third-order valence-corrected chi connectivity index (χ3v) is 3.48. The Morgan fingerprint density at radius 2 is 1.71 bits per heavy atom. The summed E-state index contributed by atoms with van der Waals surface area (Å²) < 4.78 is 53.5. The molecule has 1 aromatic rings. The number of aliphatic imine (C=N–C) groups is 1. The summed E-state index contributed by atoms with van der Waals surface area (Å²) in [5.41, 5.74) is -0.808. The van der Waals surface area contributed by atoms with Crippen LogP contribution in [-0.2, 0) is 15.7 Å². The Kier molecular flexibility index (Phi) is 12.0. The molecule has 0 bridgehead atoms. The van der Waals surface area contributed by atoms with Gasteiger partial charge in [0.05, 0.1) is 31.9 Å². The van der Waals surface area contributed by atoms with Gasteiger partial charge in [0, 0.05) is 32.5 Å². The average molecular weight is 406 g/mol. The Morgan fingerprint density at radius 1 is 1.04 bits per heavy atom. The highest BCUT2D eigenvalue weighted by molar-refractivity contribution is 5.79. The van der Waals surface area contributed by atoms with Gasteiger partial charge < -0.3 is 24.8 Å². The van der Waals surface area contributed by atoms with E-state index in [1.165, 1.54) is 6.07 Å². The maximum Gasteiger partial charge on any atom is 0.417 e. The Morgan fingerprint density at radius 3 is 2.29 bits per heavy atom. The van der Waals surface area contributed by atoms with Gasteiger partial charge in [-0.2, -0.15) is 13.2 Å². The van der Waals surface area contributed by atoms with E-state index in [0.29, 0.717) is 38.9 Å². The molecule has 10 heteroatoms. The molecular weight excluding hydrogens is 377 g/mol. The van der Waals surface area contributed by atoms with E-state index in [9.17, 15) is 13.2 Å². The first-order chi connectivity index (χ1) is 13.5. The third kappa shape index (κ3) is 10.9. The van der Waals surface area contributed by atoms with Gasteiger partial charge in [0.15, 0.2) is 5.96 Å². The van der Waals surface area contributed by atoms with Crippen LogP contribution in [-0.4, -0.2) is 64.1 Å². The highest BCUT2D eigenvalue weighted by Gasteiger charge is 2.30. The van der Waals surface area contributed by atoms with Crippen LogP contribution in [0, 0.1) is 0 Å². The second kappa shape index (κ2) is 14.0. The van der Waals surface area contributed by atoms with Crippen LogP contribution in [0.5, 0.6) is 5.88 Å². The Hall–Kier alpha value is -2.07. The van der Waals surface area contributed by atoms with Crippen molar-refractivity contribution in [1.82, 2.24) is 15.6 Å². The number of pyridine rings is 1. The van der Waals surface area contributed by atoms with E-state index >= 15 is 0 Å². The lowest BCUT2D eigenvalue weighted by Gasteiger charge is -2.13. The van der Waals surface area contributed by atoms with Crippen LogP contribution in [0.15, 0.2) is 23.3 Å². The molecule has 0 saturated carbocycles. The van der Waals surface area contributed by atoms with Crippen LogP contribution < -0.4 is 15.4 Å². The van der Waals surface area contributed by atoms with E-state index in [2.05, 4.69) is 27.5 Å². The van der Waals surface area contributed by atoms with Gasteiger partial charge >= 0.3 is 6.18 Å². The zero-order valence-corrected chi connectivity index (χ0v) is 16.3. The molecule has 0 aliphatic heterocycles. The predicted molar refractivity (Wildman–Crippen MR) is 101 cm³/mol. The molecule has 1 heterocycles. The van der Waals surface area contributed by atoms with E-state index < -0.39 is 11.7 Å². The van der Waals surface area contributed by atoms with Crippen molar-refractivity contribution < 1.29 is 27.4 Å². The van der Waals surface area contributed by atoms with Crippen molar-refractivity contribution in [1.29, 1.82) is 0 Å². The van der Waals surface area contributed by atoms with E-state index in [-0.39, 0.29) is 12.5 Å². The highest BCUT2D eigenvalue weighted by atomic mass is 19.4. The fourth-order valence-corrected chi connectivity index (χ4v) is 1.99. The summed E-state index contributed by atoms with van der Waals surface area (Å²) in [6.07, 6.45) is -1.49. The van der Waals surface area contributed by atoms with Gasteiger partial charge in [-0.25, -0.2) is 4.98 Å². The standard InChI is InChI=1S/C18H29F3N4O3/c1-3-4-9-26-12-13-27-10-7-23-17(22-2)24-8-11-28-16-6-5-15(14-25-16)18(19,20)21/h5-6,14H,3-4,7-13H2,1-2H3,(H2,22,23,24). The molecule has 0 aromatic carbocycles. The average Bonchev–Trinajstić information content (AvgIpc) is 2.68. The number of nitrogens with one attached hydrogen (secondary N) is 2. The minimum Gasteiger partial charge on any atom is -0.476 e. The quantitative estimate of drug-likeness (QED) is 0.298. The molecule has 7 nitrogen and oxygen atoms in total. The van der Waals surface area contributed by atoms with Crippen molar-refractivity contribution in [3.63, 3.8) is 0 Å². The lowest BCUT2D eigenvalue weighted by molar-refractivity contribution is -0.137. The molecule has 1 rings (SSSR count). The van der Waals surface area contributed by atoms with Gasteiger partial charge in [-0.1, -0.05) is 13.3 Å². The molecule has 0 radical (unpaired) electrons. The Balaban J connectivity index is 2.08. The highest BCUT2D eigenvalue weighted by Crippen LogP contribution is 2.29. The van der Waals surface area contributed by atoms with Crippen LogP contribution in [0.4, 0.5) is 13.2 Å². The van der Waals surface area contributed by atoms with Gasteiger partial charge in [0.1, 0.15) is 6.61 Å². The summed E-state index contributed by atoms with van der Waals surface area (Å²) in [6.45, 7) is 5.75. The number of nitrogens with zero attached hydrogens (tertiary/aromatic N) is 2. The summed E-state index contributed by atoms with van der Waals surface area (Å²) in [4.78, 5) is 7.70. The molecule has 0 aliphatic rings. The number of guanidine groups is 1. The van der Waals surface area contributed by atoms with Crippen molar-refractivity contribution in [3.05, 3.63) is 23.9 Å². The zero-order valence-electron chi connectivity index (χ0n) is 16.3. The molecular formula is C18H29F3N4O3. The minimum absolute atomic E-state index is 0.132. The van der Waals surface area contributed by atoms with E-state index in [1.807, 2.05) is 0 Å². The van der Waals surface area contributed by atoms with Crippen molar-refractivity contribution in [2.75, 3.05) is 53.2 Å². The second-order valence-corrected chi connectivity index (χ2v) is 5.74. The van der Waals surface area contributed by atoms with Crippen molar-refractivity contribution in [2.24, 2.45) is 4.99 Å². The van der Waals surface area contributed by atoms with Crippen LogP contribution in [0.3, 0.4) is 0 Å². The number of rotatable bonds is 13. The van der Waals surface area contributed by atoms with E-state index in [0.717, 1.165) is 31.7 Å². The van der Waals surface area contributed by atoms with Crippen molar-refractivity contribution in [3.8, 4) is 5.88 Å². The van der Waals surface area contributed by atoms with Gasteiger partial charge in [-0.3, -0.25) is 4.99 Å². The summed E-state index contributed by atoms with van der Waals surface area (Å²) >= 11 is 0. The third-order valence-electron chi connectivity index (χ3n) is 3.48. The number of unbranched alkanes of at least 4 members (excludes halogenated alkanes) is 1. The number of hydrogen-bond donors (Lipinski definition) is 2. The van der Waals surface area contributed by atoms with Crippen molar-refractivity contribution >= 4 is 5.96 Å². The lowest BCUT2D eigenvalue weighted by Crippen LogP contribution is -2.40. The molecule has 0 fully saturated rings. The normalized spacial score (nSPS) is 12.1. The summed E-state index contributed by atoms with van der Waals surface area (Å²) in [6, 6.07) is 2.13.